The van der Waals surface area contributed by atoms with Gasteiger partial charge in [-0.25, -0.2) is 9.37 Å². The van der Waals surface area contributed by atoms with Gasteiger partial charge in [0.15, 0.2) is 5.78 Å². The second-order valence-corrected chi connectivity index (χ2v) is 10.7. The van der Waals surface area contributed by atoms with Crippen molar-refractivity contribution in [2.45, 2.75) is 75.9 Å². The number of halogens is 1. The quantitative estimate of drug-likeness (QED) is 0.480. The van der Waals surface area contributed by atoms with Gasteiger partial charge in [-0.15, -0.1) is 11.3 Å². The van der Waals surface area contributed by atoms with Gasteiger partial charge in [-0.2, -0.15) is 0 Å². The zero-order valence-corrected chi connectivity index (χ0v) is 21.0. The summed E-state index contributed by atoms with van der Waals surface area (Å²) in [4.78, 5) is 32.5. The second kappa shape index (κ2) is 11.7. The predicted octanol–water partition coefficient (Wildman–Crippen LogP) is 3.74. The van der Waals surface area contributed by atoms with Gasteiger partial charge in [-0.3, -0.25) is 14.5 Å². The van der Waals surface area contributed by atoms with Crippen molar-refractivity contribution in [3.05, 3.63) is 51.5 Å². The first-order valence-electron chi connectivity index (χ1n) is 12.3. The molecule has 1 saturated carbocycles. The van der Waals surface area contributed by atoms with E-state index in [-0.39, 0.29) is 30.6 Å². The smallest absolute Gasteiger partial charge is 0.220 e. The topological polar surface area (TPSA) is 91.8 Å². The van der Waals surface area contributed by atoms with Crippen LogP contribution in [0.25, 0.3) is 0 Å². The molecule has 0 unspecified atom stereocenters. The molecule has 2 heterocycles. The van der Waals surface area contributed by atoms with E-state index in [0.29, 0.717) is 36.6 Å². The van der Waals surface area contributed by atoms with Crippen LogP contribution in [0.1, 0.15) is 70.8 Å². The van der Waals surface area contributed by atoms with Gasteiger partial charge in [0.2, 0.25) is 5.91 Å². The molecular weight excluding hydrogens is 469 g/mol. The van der Waals surface area contributed by atoms with Gasteiger partial charge < -0.3 is 15.2 Å². The number of ketones is 1. The lowest BCUT2D eigenvalue weighted by Gasteiger charge is -2.39. The maximum Gasteiger partial charge on any atom is 0.220 e. The number of rotatable bonds is 10. The highest BCUT2D eigenvalue weighted by Gasteiger charge is 2.39. The minimum absolute atomic E-state index is 0.0753. The zero-order valence-electron chi connectivity index (χ0n) is 20.2. The summed E-state index contributed by atoms with van der Waals surface area (Å²) in [6, 6.07) is 6.98. The Morgan fingerprint density at radius 1 is 1.29 bits per heavy atom. The molecule has 1 aromatic carbocycles. The summed E-state index contributed by atoms with van der Waals surface area (Å²) in [7, 11) is 1.64. The lowest BCUT2D eigenvalue weighted by atomic mass is 9.81. The van der Waals surface area contributed by atoms with Crippen LogP contribution in [-0.2, 0) is 28.4 Å². The normalized spacial score (nSPS) is 25.0. The van der Waals surface area contributed by atoms with Crippen molar-refractivity contribution >= 4 is 23.0 Å². The van der Waals surface area contributed by atoms with Gasteiger partial charge in [0, 0.05) is 56.9 Å². The number of aliphatic hydroxyl groups is 1. The molecular formula is C26H34FN3O4S. The van der Waals surface area contributed by atoms with Crippen molar-refractivity contribution in [2.75, 3.05) is 20.2 Å². The fraction of sp³-hybridized carbons (Fsp3) is 0.577. The van der Waals surface area contributed by atoms with E-state index in [0.717, 1.165) is 42.2 Å². The highest BCUT2D eigenvalue weighted by Crippen LogP contribution is 2.41. The van der Waals surface area contributed by atoms with Gasteiger partial charge in [-0.1, -0.05) is 18.2 Å². The fourth-order valence-corrected chi connectivity index (χ4v) is 6.18. The van der Waals surface area contributed by atoms with Crippen LogP contribution in [0.2, 0.25) is 0 Å². The van der Waals surface area contributed by atoms with Gasteiger partial charge in [0.25, 0.3) is 0 Å². The number of aromatic nitrogens is 1. The maximum absolute atomic E-state index is 12.8. The summed E-state index contributed by atoms with van der Waals surface area (Å²) in [5.41, 5.74) is 0.102. The van der Waals surface area contributed by atoms with Crippen LogP contribution in [0.5, 0.6) is 0 Å². The third kappa shape index (κ3) is 6.52. The molecule has 4 rings (SSSR count). The van der Waals surface area contributed by atoms with Gasteiger partial charge in [0.1, 0.15) is 17.3 Å². The number of alkyl halides is 1. The maximum atomic E-state index is 12.8. The lowest BCUT2D eigenvalue weighted by Crippen LogP contribution is -2.43. The molecule has 0 spiro atoms. The average Bonchev–Trinajstić information content (AvgIpc) is 3.54. The van der Waals surface area contributed by atoms with Gasteiger partial charge in [0.05, 0.1) is 11.5 Å². The fourth-order valence-electron chi connectivity index (χ4n) is 5.14. The molecule has 35 heavy (non-hydrogen) atoms. The molecule has 190 valence electrons. The van der Waals surface area contributed by atoms with Crippen molar-refractivity contribution in [1.29, 1.82) is 0 Å². The molecule has 2 fully saturated rings. The molecule has 1 aliphatic carbocycles. The summed E-state index contributed by atoms with van der Waals surface area (Å²) in [5, 5.41) is 15.1. The standard InChI is InChI=1S/C26H34FN3O4S/c1-34-17-25-28-15-23(35-25)26(33)10-7-21(8-11-26)30-12-9-20(16-30)29-24(32)6-5-22(31)19-4-2-3-18(13-19)14-27/h2-4,13,15,20-21,33H,5-12,14,16-17H2,1H3,(H,29,32)/t20-,21?,26?/m1/s1. The molecule has 2 aromatic rings. The number of nitrogens with one attached hydrogen (secondary N) is 1. The second-order valence-electron chi connectivity index (χ2n) is 9.62. The number of amides is 1. The number of hydrogen-bond donors (Lipinski definition) is 2. The molecule has 9 heteroatoms. The number of benzene rings is 1. The number of nitrogens with zero attached hydrogens (tertiary/aromatic N) is 2. The van der Waals surface area contributed by atoms with Crippen molar-refractivity contribution in [2.24, 2.45) is 0 Å². The number of likely N-dealkylation sites (tertiary alicyclic amines) is 1. The Labute approximate surface area is 209 Å². The molecule has 0 bridgehead atoms. The van der Waals surface area contributed by atoms with Gasteiger partial charge in [-0.05, 0) is 43.7 Å². The first kappa shape index (κ1) is 25.9. The minimum Gasteiger partial charge on any atom is -0.384 e. The Kier molecular flexibility index (Phi) is 8.64. The predicted molar refractivity (Wildman–Crippen MR) is 132 cm³/mol. The van der Waals surface area contributed by atoms with Crippen molar-refractivity contribution in [1.82, 2.24) is 15.2 Å². The van der Waals surface area contributed by atoms with E-state index < -0.39 is 12.3 Å². The highest BCUT2D eigenvalue weighted by molar-refractivity contribution is 7.11. The van der Waals surface area contributed by atoms with E-state index in [9.17, 15) is 19.1 Å². The Morgan fingerprint density at radius 3 is 2.83 bits per heavy atom. The van der Waals surface area contributed by atoms with E-state index in [1.54, 1.807) is 37.6 Å². The lowest BCUT2D eigenvalue weighted by molar-refractivity contribution is -0.121. The SMILES string of the molecule is COCc1ncc(C2(O)CCC(N3CC[C@@H](NC(=O)CCC(=O)c4cccc(CF)c4)C3)CC2)s1. The minimum atomic E-state index is -0.816. The largest absolute Gasteiger partial charge is 0.384 e. The molecule has 1 aromatic heterocycles. The molecule has 2 N–H and O–H groups in total. The zero-order chi connectivity index (χ0) is 24.8. The van der Waals surface area contributed by atoms with Crippen LogP contribution in [-0.4, -0.2) is 59.0 Å². The number of thiazole rings is 1. The van der Waals surface area contributed by atoms with Crippen LogP contribution < -0.4 is 5.32 Å². The van der Waals surface area contributed by atoms with Crippen LogP contribution >= 0.6 is 11.3 Å². The molecule has 1 aliphatic heterocycles. The summed E-state index contributed by atoms with van der Waals surface area (Å²) >= 11 is 1.52. The molecule has 1 amide bonds. The first-order chi connectivity index (χ1) is 16.9. The average molecular weight is 504 g/mol. The number of hydrogen-bond acceptors (Lipinski definition) is 7. The summed E-state index contributed by atoms with van der Waals surface area (Å²) in [6.07, 6.45) is 6.12. The number of carbonyl (C=O) groups is 2. The first-order valence-corrected chi connectivity index (χ1v) is 13.1. The summed E-state index contributed by atoms with van der Waals surface area (Å²) < 4.78 is 18.0. The Bertz CT molecular complexity index is 1020. The summed E-state index contributed by atoms with van der Waals surface area (Å²) in [5.74, 6) is -0.268. The third-order valence-corrected chi connectivity index (χ3v) is 8.31. The van der Waals surface area contributed by atoms with E-state index in [1.807, 2.05) is 0 Å². The van der Waals surface area contributed by atoms with E-state index in [2.05, 4.69) is 15.2 Å². The Balaban J connectivity index is 1.20. The number of ether oxygens (including phenoxy) is 1. The van der Waals surface area contributed by atoms with Crippen LogP contribution in [0.15, 0.2) is 30.5 Å². The van der Waals surface area contributed by atoms with Gasteiger partial charge >= 0.3 is 0 Å². The van der Waals surface area contributed by atoms with Crippen molar-refractivity contribution in [3.63, 3.8) is 0 Å². The third-order valence-electron chi connectivity index (χ3n) is 7.15. The number of carbonyl (C=O) groups excluding carboxylic acids is 2. The van der Waals surface area contributed by atoms with Crippen molar-refractivity contribution < 1.29 is 23.8 Å². The van der Waals surface area contributed by atoms with E-state index in [4.69, 9.17) is 4.74 Å². The monoisotopic (exact) mass is 503 g/mol. The van der Waals surface area contributed by atoms with Crippen molar-refractivity contribution in [3.8, 4) is 0 Å². The molecule has 0 radical (unpaired) electrons. The molecule has 7 nitrogen and oxygen atoms in total. The molecule has 1 atom stereocenters. The van der Waals surface area contributed by atoms with E-state index >= 15 is 0 Å². The Morgan fingerprint density at radius 2 is 2.09 bits per heavy atom. The molecule has 1 saturated heterocycles. The number of methoxy groups -OCH3 is 1. The van der Waals surface area contributed by atoms with E-state index in [1.165, 1.54) is 11.3 Å². The number of Topliss-reactive ketones (excluding diaryl/α,β-unsaturated/α-hetero) is 1. The summed E-state index contributed by atoms with van der Waals surface area (Å²) in [6.45, 7) is 1.56. The molecule has 2 aliphatic rings. The highest BCUT2D eigenvalue weighted by atomic mass is 32.1. The van der Waals surface area contributed by atoms with Crippen LogP contribution in [0.3, 0.4) is 0 Å². The van der Waals surface area contributed by atoms with Crippen LogP contribution in [0, 0.1) is 0 Å². The van der Waals surface area contributed by atoms with Crippen LogP contribution in [0.4, 0.5) is 4.39 Å². The Hall–Kier alpha value is -2.20.